The summed E-state index contributed by atoms with van der Waals surface area (Å²) in [6, 6.07) is 11.3. The van der Waals surface area contributed by atoms with Gasteiger partial charge in [0.25, 0.3) is 0 Å². The van der Waals surface area contributed by atoms with Crippen molar-refractivity contribution in [3.63, 3.8) is 0 Å². The van der Waals surface area contributed by atoms with Gasteiger partial charge in [-0.15, -0.1) is 0 Å². The summed E-state index contributed by atoms with van der Waals surface area (Å²) in [6.07, 6.45) is 2.90. The average Bonchev–Trinajstić information content (AvgIpc) is 2.60. The van der Waals surface area contributed by atoms with Crippen molar-refractivity contribution in [2.24, 2.45) is 0 Å². The summed E-state index contributed by atoms with van der Waals surface area (Å²) in [5.74, 6) is -0.144. The van der Waals surface area contributed by atoms with E-state index in [1.165, 1.54) is 32.1 Å². The molecular weight excluding hydrogens is 336 g/mol. The number of hydrogen-bond donors (Lipinski definition) is 0. The van der Waals surface area contributed by atoms with Crippen LogP contribution in [0.3, 0.4) is 0 Å². The van der Waals surface area contributed by atoms with Gasteiger partial charge in [0.1, 0.15) is 17.2 Å². The molecule has 0 bridgehead atoms. The van der Waals surface area contributed by atoms with E-state index in [-0.39, 0.29) is 17.3 Å². The zero-order valence-corrected chi connectivity index (χ0v) is 14.6. The number of methoxy groups -OCH3 is 1. The van der Waals surface area contributed by atoms with Crippen molar-refractivity contribution in [1.82, 2.24) is 0 Å². The molecule has 26 heavy (non-hydrogen) atoms. The number of carbonyl (C=O) groups is 3. The minimum Gasteiger partial charge on any atom is -0.497 e. The van der Waals surface area contributed by atoms with E-state index in [1.54, 1.807) is 43.5 Å². The van der Waals surface area contributed by atoms with E-state index in [1.807, 2.05) is 0 Å². The molecule has 0 saturated heterocycles. The largest absolute Gasteiger partial charge is 0.497 e. The Morgan fingerprint density at radius 3 is 2.04 bits per heavy atom. The van der Waals surface area contributed by atoms with E-state index in [0.717, 1.165) is 0 Å². The van der Waals surface area contributed by atoms with Gasteiger partial charge >= 0.3 is 11.9 Å². The topological polar surface area (TPSA) is 78.9 Å². The van der Waals surface area contributed by atoms with Crippen LogP contribution in [-0.4, -0.2) is 24.8 Å². The highest BCUT2D eigenvalue weighted by atomic mass is 16.5. The third-order valence-corrected chi connectivity index (χ3v) is 3.29. The van der Waals surface area contributed by atoms with Crippen LogP contribution >= 0.6 is 0 Å². The molecule has 0 aliphatic carbocycles. The summed E-state index contributed by atoms with van der Waals surface area (Å²) >= 11 is 0. The van der Waals surface area contributed by atoms with Crippen molar-refractivity contribution in [1.29, 1.82) is 0 Å². The highest BCUT2D eigenvalue weighted by Crippen LogP contribution is 2.27. The SMILES string of the molecule is COc1ccc(C(=O)C=Cc2ccc(OC(C)=O)cc2OC(C)=O)cc1. The van der Waals surface area contributed by atoms with Gasteiger partial charge in [-0.05, 0) is 48.6 Å². The van der Waals surface area contributed by atoms with Crippen LogP contribution in [0.5, 0.6) is 17.2 Å². The Bertz CT molecular complexity index is 849. The summed E-state index contributed by atoms with van der Waals surface area (Å²) < 4.78 is 15.2. The third-order valence-electron chi connectivity index (χ3n) is 3.29. The van der Waals surface area contributed by atoms with Crippen LogP contribution in [0.25, 0.3) is 6.08 Å². The summed E-state index contributed by atoms with van der Waals surface area (Å²) in [5, 5.41) is 0. The highest BCUT2D eigenvalue weighted by Gasteiger charge is 2.09. The Kier molecular flexibility index (Phi) is 6.27. The van der Waals surface area contributed by atoms with Crippen molar-refractivity contribution >= 4 is 23.8 Å². The van der Waals surface area contributed by atoms with E-state index in [0.29, 0.717) is 16.9 Å². The van der Waals surface area contributed by atoms with Crippen LogP contribution in [0.15, 0.2) is 48.5 Å². The molecule has 0 saturated carbocycles. The Labute approximate surface area is 151 Å². The molecule has 0 aliphatic rings. The predicted molar refractivity (Wildman–Crippen MR) is 95.4 cm³/mol. The fourth-order valence-corrected chi connectivity index (χ4v) is 2.14. The fraction of sp³-hybridized carbons (Fsp3) is 0.150. The van der Waals surface area contributed by atoms with E-state index in [4.69, 9.17) is 14.2 Å². The van der Waals surface area contributed by atoms with Gasteiger partial charge in [0, 0.05) is 31.0 Å². The zero-order valence-electron chi connectivity index (χ0n) is 14.6. The molecule has 0 amide bonds. The van der Waals surface area contributed by atoms with Gasteiger partial charge in [0.05, 0.1) is 7.11 Å². The van der Waals surface area contributed by atoms with Crippen molar-refractivity contribution in [3.05, 3.63) is 59.7 Å². The van der Waals surface area contributed by atoms with E-state index < -0.39 is 11.9 Å². The smallest absolute Gasteiger partial charge is 0.308 e. The molecule has 2 aromatic rings. The average molecular weight is 354 g/mol. The molecule has 2 aromatic carbocycles. The minimum atomic E-state index is -0.527. The third kappa shape index (κ3) is 5.31. The first-order valence-electron chi connectivity index (χ1n) is 7.76. The van der Waals surface area contributed by atoms with Crippen LogP contribution in [0.1, 0.15) is 29.8 Å². The molecule has 0 spiro atoms. The second-order valence-electron chi connectivity index (χ2n) is 5.31. The van der Waals surface area contributed by atoms with Gasteiger partial charge in [0.2, 0.25) is 0 Å². The molecule has 0 atom stereocenters. The Morgan fingerprint density at radius 2 is 1.46 bits per heavy atom. The lowest BCUT2D eigenvalue weighted by Crippen LogP contribution is -2.05. The summed E-state index contributed by atoms with van der Waals surface area (Å²) in [7, 11) is 1.55. The molecule has 0 N–H and O–H groups in total. The summed E-state index contributed by atoms with van der Waals surface area (Å²) in [4.78, 5) is 34.6. The normalized spacial score (nSPS) is 10.4. The first-order valence-corrected chi connectivity index (χ1v) is 7.76. The van der Waals surface area contributed by atoms with E-state index >= 15 is 0 Å². The van der Waals surface area contributed by atoms with Crippen molar-refractivity contribution in [3.8, 4) is 17.2 Å². The molecule has 0 unspecified atom stereocenters. The summed E-state index contributed by atoms with van der Waals surface area (Å²) in [6.45, 7) is 2.53. The number of ketones is 1. The van der Waals surface area contributed by atoms with Crippen LogP contribution in [0.2, 0.25) is 0 Å². The van der Waals surface area contributed by atoms with Gasteiger partial charge in [0.15, 0.2) is 5.78 Å². The highest BCUT2D eigenvalue weighted by molar-refractivity contribution is 6.07. The zero-order chi connectivity index (χ0) is 19.1. The maximum atomic E-state index is 12.3. The van der Waals surface area contributed by atoms with Crippen molar-refractivity contribution in [2.75, 3.05) is 7.11 Å². The number of allylic oxidation sites excluding steroid dienone is 1. The quantitative estimate of drug-likeness (QED) is 0.342. The Hall–Kier alpha value is -3.41. The lowest BCUT2D eigenvalue weighted by molar-refractivity contribution is -0.132. The molecule has 6 heteroatoms. The Balaban J connectivity index is 2.25. The van der Waals surface area contributed by atoms with Crippen molar-refractivity contribution in [2.45, 2.75) is 13.8 Å². The van der Waals surface area contributed by atoms with Crippen molar-refractivity contribution < 1.29 is 28.6 Å². The standard InChI is InChI=1S/C20H18O6/c1-13(21)25-18-10-6-16(20(12-18)26-14(2)22)7-11-19(23)15-4-8-17(24-3)9-5-15/h4-12H,1-3H3. The molecule has 134 valence electrons. The van der Waals surface area contributed by atoms with E-state index in [9.17, 15) is 14.4 Å². The van der Waals surface area contributed by atoms with E-state index in [2.05, 4.69) is 0 Å². The van der Waals surface area contributed by atoms with Gasteiger partial charge in [-0.25, -0.2) is 0 Å². The molecule has 0 aliphatic heterocycles. The molecule has 0 fully saturated rings. The molecule has 0 heterocycles. The first kappa shape index (κ1) is 18.9. The van der Waals surface area contributed by atoms with Crippen LogP contribution in [-0.2, 0) is 9.59 Å². The second-order valence-corrected chi connectivity index (χ2v) is 5.31. The van der Waals surface area contributed by atoms with Crippen LogP contribution in [0.4, 0.5) is 0 Å². The van der Waals surface area contributed by atoms with Crippen LogP contribution in [0, 0.1) is 0 Å². The van der Waals surface area contributed by atoms with Gasteiger partial charge in [-0.2, -0.15) is 0 Å². The minimum absolute atomic E-state index is 0.190. The first-order chi connectivity index (χ1) is 12.4. The maximum absolute atomic E-state index is 12.3. The number of esters is 2. The number of carbonyl (C=O) groups excluding carboxylic acids is 3. The monoisotopic (exact) mass is 354 g/mol. The number of ether oxygens (including phenoxy) is 3. The second kappa shape index (κ2) is 8.62. The van der Waals surface area contributed by atoms with Gasteiger partial charge in [-0.1, -0.05) is 0 Å². The number of hydrogen-bond acceptors (Lipinski definition) is 6. The molecule has 2 rings (SSSR count). The van der Waals surface area contributed by atoms with Gasteiger partial charge in [-0.3, -0.25) is 14.4 Å². The maximum Gasteiger partial charge on any atom is 0.308 e. The lowest BCUT2D eigenvalue weighted by atomic mass is 10.1. The van der Waals surface area contributed by atoms with Gasteiger partial charge < -0.3 is 14.2 Å². The molecule has 6 nitrogen and oxygen atoms in total. The molecule has 0 aromatic heterocycles. The molecule has 0 radical (unpaired) electrons. The fourth-order valence-electron chi connectivity index (χ4n) is 2.14. The number of benzene rings is 2. The Morgan fingerprint density at radius 1 is 0.846 bits per heavy atom. The number of rotatable bonds is 6. The molecular formula is C20H18O6. The predicted octanol–water partition coefficient (Wildman–Crippen LogP) is 3.44. The van der Waals surface area contributed by atoms with Crippen LogP contribution < -0.4 is 14.2 Å². The summed E-state index contributed by atoms with van der Waals surface area (Å²) in [5.41, 5.74) is 0.991. The lowest BCUT2D eigenvalue weighted by Gasteiger charge is -2.08.